The molecule has 0 N–H and O–H groups in total. The largest absolute Gasteiger partial charge is 0.418 e. The predicted octanol–water partition coefficient (Wildman–Crippen LogP) is 6.28. The topological polar surface area (TPSA) is 17.8 Å². The van der Waals surface area contributed by atoms with Crippen LogP contribution >= 0.6 is 7.92 Å². The molecule has 9 heteroatoms. The molecule has 0 fully saturated rings. The third-order valence-corrected chi connectivity index (χ3v) is 8.12. The summed E-state index contributed by atoms with van der Waals surface area (Å²) in [6, 6.07) is 16.8. The van der Waals surface area contributed by atoms with Crippen LogP contribution in [0.25, 0.3) is 5.69 Å². The number of hydrogen-bond donors (Lipinski definition) is 0. The zero-order valence-corrected chi connectivity index (χ0v) is 19.0. The van der Waals surface area contributed by atoms with Gasteiger partial charge in [-0.15, -0.1) is 0 Å². The van der Waals surface area contributed by atoms with E-state index in [0.29, 0.717) is 11.6 Å². The predicted molar refractivity (Wildman–Crippen MR) is 122 cm³/mol. The van der Waals surface area contributed by atoms with Gasteiger partial charge in [0.05, 0.1) is 16.8 Å². The minimum atomic E-state index is -4.99. The van der Waals surface area contributed by atoms with Crippen LogP contribution in [0.3, 0.4) is 0 Å². The van der Waals surface area contributed by atoms with Gasteiger partial charge in [-0.05, 0) is 53.8 Å². The summed E-state index contributed by atoms with van der Waals surface area (Å²) in [7, 11) is -1.41. The van der Waals surface area contributed by atoms with Crippen LogP contribution in [-0.2, 0) is 12.4 Å². The molecule has 0 bridgehead atoms. The Kier molecular flexibility index (Phi) is 6.30. The first-order valence-electron chi connectivity index (χ1n) is 10.2. The van der Waals surface area contributed by atoms with Crippen molar-refractivity contribution in [1.29, 1.82) is 0 Å². The standard InChI is InChI=1S/C25H19F6N2P/c1-16-7-3-5-9-21(16)34(22-10-6-4-8-17(22)2)23-32-13-14-33(23)20-12-11-18(24(26,27)28)15-19(20)25(29,30)31/h3-15H,1-2H3. The summed E-state index contributed by atoms with van der Waals surface area (Å²) >= 11 is 0. The SMILES string of the molecule is Cc1ccccc1P(c1ccccc1C)c1nccn1-c1ccc(C(F)(F)F)cc1C(F)(F)F. The van der Waals surface area contributed by atoms with E-state index in [9.17, 15) is 26.3 Å². The maximum Gasteiger partial charge on any atom is 0.418 e. The van der Waals surface area contributed by atoms with Gasteiger partial charge in [-0.3, -0.25) is 4.57 Å². The first kappa shape index (κ1) is 24.0. The van der Waals surface area contributed by atoms with Crippen molar-refractivity contribution in [3.63, 3.8) is 0 Å². The Labute approximate surface area is 193 Å². The molecule has 0 aliphatic carbocycles. The fraction of sp³-hybridized carbons (Fsp3) is 0.160. The minimum absolute atomic E-state index is 0.156. The van der Waals surface area contributed by atoms with Crippen molar-refractivity contribution >= 4 is 24.1 Å². The molecule has 0 amide bonds. The Morgan fingerprint density at radius 1 is 0.735 bits per heavy atom. The second-order valence-corrected chi connectivity index (χ2v) is 9.77. The van der Waals surface area contributed by atoms with Gasteiger partial charge < -0.3 is 0 Å². The summed E-state index contributed by atoms with van der Waals surface area (Å²) in [5, 5.41) is 1.81. The number of nitrogens with zero attached hydrogens (tertiary/aromatic N) is 2. The maximum atomic E-state index is 13.9. The molecule has 3 aromatic carbocycles. The van der Waals surface area contributed by atoms with E-state index in [1.54, 1.807) is 0 Å². The van der Waals surface area contributed by atoms with Crippen LogP contribution in [0, 0.1) is 13.8 Å². The molecule has 0 aliphatic rings. The summed E-state index contributed by atoms with van der Waals surface area (Å²) in [6.45, 7) is 3.82. The molecular weight excluding hydrogens is 473 g/mol. The molecule has 1 heterocycles. The van der Waals surface area contributed by atoms with E-state index in [4.69, 9.17) is 0 Å². The van der Waals surface area contributed by atoms with Gasteiger partial charge in [-0.25, -0.2) is 4.98 Å². The summed E-state index contributed by atoms with van der Waals surface area (Å²) in [4.78, 5) is 4.42. The molecule has 1 aromatic heterocycles. The van der Waals surface area contributed by atoms with Gasteiger partial charge >= 0.3 is 12.4 Å². The third-order valence-electron chi connectivity index (χ3n) is 5.42. The van der Waals surface area contributed by atoms with Crippen LogP contribution in [0.4, 0.5) is 26.3 Å². The van der Waals surface area contributed by atoms with E-state index in [-0.39, 0.29) is 6.07 Å². The molecule has 34 heavy (non-hydrogen) atoms. The third kappa shape index (κ3) is 4.60. The molecule has 0 saturated heterocycles. The maximum absolute atomic E-state index is 13.9. The van der Waals surface area contributed by atoms with Crippen LogP contribution in [-0.4, -0.2) is 9.55 Å². The van der Waals surface area contributed by atoms with Gasteiger partial charge in [0.2, 0.25) is 0 Å². The van der Waals surface area contributed by atoms with Gasteiger partial charge in [0, 0.05) is 20.3 Å². The Hall–Kier alpha value is -3.12. The van der Waals surface area contributed by atoms with Crippen molar-refractivity contribution in [1.82, 2.24) is 9.55 Å². The van der Waals surface area contributed by atoms with Crippen molar-refractivity contribution < 1.29 is 26.3 Å². The highest BCUT2D eigenvalue weighted by Gasteiger charge is 2.39. The van der Waals surface area contributed by atoms with Crippen LogP contribution in [0.1, 0.15) is 22.3 Å². The smallest absolute Gasteiger partial charge is 0.299 e. The number of rotatable bonds is 4. The Morgan fingerprint density at radius 2 is 1.29 bits per heavy atom. The van der Waals surface area contributed by atoms with E-state index in [0.717, 1.165) is 27.8 Å². The van der Waals surface area contributed by atoms with Gasteiger partial charge in [-0.2, -0.15) is 26.3 Å². The molecule has 0 spiro atoms. The molecule has 2 nitrogen and oxygen atoms in total. The fourth-order valence-corrected chi connectivity index (χ4v) is 6.36. The highest BCUT2D eigenvalue weighted by molar-refractivity contribution is 7.79. The van der Waals surface area contributed by atoms with Crippen LogP contribution in [0.15, 0.2) is 79.1 Å². The lowest BCUT2D eigenvalue weighted by Gasteiger charge is -2.24. The molecule has 0 radical (unpaired) electrons. The Morgan fingerprint density at radius 3 is 1.79 bits per heavy atom. The molecule has 0 saturated carbocycles. The molecule has 0 atom stereocenters. The Balaban J connectivity index is 1.99. The van der Waals surface area contributed by atoms with Crippen molar-refractivity contribution in [3.05, 3.63) is 101 Å². The van der Waals surface area contributed by atoms with E-state index < -0.39 is 37.1 Å². The van der Waals surface area contributed by atoms with Crippen molar-refractivity contribution in [2.24, 2.45) is 0 Å². The summed E-state index contributed by atoms with van der Waals surface area (Å²) in [5.74, 6) is 0. The van der Waals surface area contributed by atoms with E-state index in [2.05, 4.69) is 4.98 Å². The number of halogens is 6. The highest BCUT2D eigenvalue weighted by Crippen LogP contribution is 2.40. The number of benzene rings is 3. The average Bonchev–Trinajstić information content (AvgIpc) is 3.24. The number of imidazole rings is 1. The normalized spacial score (nSPS) is 12.4. The molecule has 0 aliphatic heterocycles. The van der Waals surface area contributed by atoms with Crippen molar-refractivity contribution in [3.8, 4) is 5.69 Å². The molecular formula is C25H19F6N2P. The monoisotopic (exact) mass is 492 g/mol. The molecule has 176 valence electrons. The lowest BCUT2D eigenvalue weighted by molar-refractivity contribution is -0.143. The van der Waals surface area contributed by atoms with E-state index >= 15 is 0 Å². The second kappa shape index (κ2) is 8.91. The highest BCUT2D eigenvalue weighted by atomic mass is 31.1. The lowest BCUT2D eigenvalue weighted by Crippen LogP contribution is -2.30. The fourth-order valence-electron chi connectivity index (χ4n) is 3.77. The van der Waals surface area contributed by atoms with Gasteiger partial charge in [0.25, 0.3) is 0 Å². The van der Waals surface area contributed by atoms with Crippen molar-refractivity contribution in [2.75, 3.05) is 0 Å². The van der Waals surface area contributed by atoms with E-state index in [1.807, 2.05) is 62.4 Å². The van der Waals surface area contributed by atoms with Crippen LogP contribution < -0.4 is 16.2 Å². The van der Waals surface area contributed by atoms with Gasteiger partial charge in [-0.1, -0.05) is 48.5 Å². The number of aryl methyl sites for hydroxylation is 2. The summed E-state index contributed by atoms with van der Waals surface area (Å²) < 4.78 is 82.6. The zero-order chi connectivity index (χ0) is 24.7. The molecule has 4 rings (SSSR count). The Bertz CT molecular complexity index is 1280. The van der Waals surface area contributed by atoms with Gasteiger partial charge in [0.15, 0.2) is 0 Å². The second-order valence-electron chi connectivity index (χ2n) is 7.73. The lowest BCUT2D eigenvalue weighted by atomic mass is 10.1. The zero-order valence-electron chi connectivity index (χ0n) is 18.1. The quantitative estimate of drug-likeness (QED) is 0.242. The number of alkyl halides is 6. The molecule has 0 unspecified atom stereocenters. The molecule has 4 aromatic rings. The van der Waals surface area contributed by atoms with E-state index in [1.165, 1.54) is 17.0 Å². The van der Waals surface area contributed by atoms with Gasteiger partial charge in [0.1, 0.15) is 5.57 Å². The average molecular weight is 492 g/mol. The van der Waals surface area contributed by atoms with Crippen LogP contribution in [0.5, 0.6) is 0 Å². The first-order valence-corrected chi connectivity index (χ1v) is 11.6. The first-order chi connectivity index (χ1) is 16.0. The van der Waals surface area contributed by atoms with Crippen molar-refractivity contribution in [2.45, 2.75) is 26.2 Å². The summed E-state index contributed by atoms with van der Waals surface area (Å²) in [5.41, 5.74) is -0.910. The number of aromatic nitrogens is 2. The number of hydrogen-bond acceptors (Lipinski definition) is 1. The minimum Gasteiger partial charge on any atom is -0.299 e. The van der Waals surface area contributed by atoms with Crippen LogP contribution in [0.2, 0.25) is 0 Å². The summed E-state index contributed by atoms with van der Waals surface area (Å²) in [6.07, 6.45) is -7.16.